The smallest absolute Gasteiger partial charge is 0.0181 e. The summed E-state index contributed by atoms with van der Waals surface area (Å²) in [4.78, 5) is 0. The third-order valence-corrected chi connectivity index (χ3v) is 2.87. The summed E-state index contributed by atoms with van der Waals surface area (Å²) < 4.78 is 0. The summed E-state index contributed by atoms with van der Waals surface area (Å²) in [6.07, 6.45) is 10.6. The lowest BCUT2D eigenvalue weighted by Gasteiger charge is -1.98. The van der Waals surface area contributed by atoms with Crippen molar-refractivity contribution in [2.45, 2.75) is 26.2 Å². The molecule has 0 aromatic heterocycles. The normalized spacial score (nSPS) is 15.5. The Bertz CT molecular complexity index is 156. The third kappa shape index (κ3) is 3.66. The Balaban J connectivity index is 1.99. The van der Waals surface area contributed by atoms with E-state index >= 15 is 0 Å². The van der Waals surface area contributed by atoms with Crippen LogP contribution >= 0.6 is 11.8 Å². The van der Waals surface area contributed by atoms with E-state index in [0.29, 0.717) is 0 Å². The fourth-order valence-electron chi connectivity index (χ4n) is 1.05. The molecule has 0 aromatic carbocycles. The van der Waals surface area contributed by atoms with E-state index in [9.17, 15) is 0 Å². The van der Waals surface area contributed by atoms with Crippen molar-refractivity contribution in [3.05, 3.63) is 23.8 Å². The van der Waals surface area contributed by atoms with Crippen molar-refractivity contribution in [1.29, 1.82) is 0 Å². The first kappa shape index (κ1) is 8.92. The van der Waals surface area contributed by atoms with Gasteiger partial charge in [0.05, 0.1) is 0 Å². The fourth-order valence-corrected chi connectivity index (χ4v) is 2.14. The lowest BCUT2D eigenvalue weighted by Crippen LogP contribution is -1.83. The van der Waals surface area contributed by atoms with Gasteiger partial charge in [-0.2, -0.15) is 11.8 Å². The van der Waals surface area contributed by atoms with Crippen LogP contribution in [-0.4, -0.2) is 11.5 Å². The molecule has 1 heteroatoms. The molecule has 62 valence electrons. The fraction of sp³-hybridized carbons (Fsp3) is 0.600. The van der Waals surface area contributed by atoms with Crippen LogP contribution < -0.4 is 0 Å². The first-order valence-electron chi connectivity index (χ1n) is 4.37. The van der Waals surface area contributed by atoms with E-state index in [1.165, 1.54) is 29.9 Å². The van der Waals surface area contributed by atoms with Crippen LogP contribution in [0.15, 0.2) is 23.8 Å². The maximum absolute atomic E-state index is 2.32. The molecule has 0 heterocycles. The molecule has 1 aliphatic carbocycles. The summed E-state index contributed by atoms with van der Waals surface area (Å²) in [6.45, 7) is 2.25. The van der Waals surface area contributed by atoms with Gasteiger partial charge in [0.2, 0.25) is 0 Å². The zero-order chi connectivity index (χ0) is 7.94. The van der Waals surface area contributed by atoms with E-state index in [1.807, 2.05) is 0 Å². The van der Waals surface area contributed by atoms with Crippen molar-refractivity contribution in [1.82, 2.24) is 0 Å². The number of allylic oxidation sites excluding steroid dienone is 3. The zero-order valence-electron chi connectivity index (χ0n) is 7.18. The number of rotatable bonds is 5. The molecule has 1 aliphatic rings. The molecular formula is C10H16S. The van der Waals surface area contributed by atoms with E-state index in [-0.39, 0.29) is 0 Å². The van der Waals surface area contributed by atoms with Crippen LogP contribution in [0.3, 0.4) is 0 Å². The van der Waals surface area contributed by atoms with Gasteiger partial charge in [0.1, 0.15) is 0 Å². The van der Waals surface area contributed by atoms with E-state index < -0.39 is 0 Å². The monoisotopic (exact) mass is 168 g/mol. The number of thioether (sulfide) groups is 1. The van der Waals surface area contributed by atoms with Gasteiger partial charge in [0, 0.05) is 5.75 Å². The molecular weight excluding hydrogens is 152 g/mol. The Morgan fingerprint density at radius 2 is 2.45 bits per heavy atom. The van der Waals surface area contributed by atoms with Crippen LogP contribution in [0, 0.1) is 0 Å². The predicted molar refractivity (Wildman–Crippen MR) is 54.1 cm³/mol. The summed E-state index contributed by atoms with van der Waals surface area (Å²) in [7, 11) is 0. The van der Waals surface area contributed by atoms with E-state index in [4.69, 9.17) is 0 Å². The molecule has 0 unspecified atom stereocenters. The van der Waals surface area contributed by atoms with Crippen LogP contribution in [0.1, 0.15) is 26.2 Å². The summed E-state index contributed by atoms with van der Waals surface area (Å²) in [5.41, 5.74) is 1.52. The molecule has 0 radical (unpaired) electrons. The van der Waals surface area contributed by atoms with Gasteiger partial charge in [-0.25, -0.2) is 0 Å². The van der Waals surface area contributed by atoms with Crippen molar-refractivity contribution in [3.8, 4) is 0 Å². The summed E-state index contributed by atoms with van der Waals surface area (Å²) in [6, 6.07) is 0. The number of hydrogen-bond acceptors (Lipinski definition) is 1. The Morgan fingerprint density at radius 1 is 1.55 bits per heavy atom. The van der Waals surface area contributed by atoms with Crippen LogP contribution in [0.25, 0.3) is 0 Å². The Kier molecular flexibility index (Phi) is 4.44. The van der Waals surface area contributed by atoms with Gasteiger partial charge in [-0.05, 0) is 24.2 Å². The number of unbranched alkanes of at least 4 members (excludes halogenated alkanes) is 1. The van der Waals surface area contributed by atoms with Gasteiger partial charge < -0.3 is 0 Å². The van der Waals surface area contributed by atoms with E-state index in [1.54, 1.807) is 0 Å². The molecule has 0 saturated carbocycles. The lowest BCUT2D eigenvalue weighted by atomic mass is 10.3. The van der Waals surface area contributed by atoms with Gasteiger partial charge in [0.15, 0.2) is 0 Å². The van der Waals surface area contributed by atoms with E-state index in [0.717, 1.165) is 6.42 Å². The Labute approximate surface area is 73.8 Å². The lowest BCUT2D eigenvalue weighted by molar-refractivity contribution is 0.896. The van der Waals surface area contributed by atoms with Crippen LogP contribution in [-0.2, 0) is 0 Å². The van der Waals surface area contributed by atoms with Crippen molar-refractivity contribution in [2.24, 2.45) is 0 Å². The summed E-state index contributed by atoms with van der Waals surface area (Å²) >= 11 is 2.06. The zero-order valence-corrected chi connectivity index (χ0v) is 7.99. The van der Waals surface area contributed by atoms with Crippen molar-refractivity contribution >= 4 is 11.8 Å². The quantitative estimate of drug-likeness (QED) is 0.567. The summed E-state index contributed by atoms with van der Waals surface area (Å²) in [5.74, 6) is 2.54. The minimum atomic E-state index is 1.16. The molecule has 1 rings (SSSR count). The number of hydrogen-bond donors (Lipinski definition) is 0. The van der Waals surface area contributed by atoms with Crippen LogP contribution in [0.4, 0.5) is 0 Å². The molecule has 0 aromatic rings. The highest BCUT2D eigenvalue weighted by molar-refractivity contribution is 7.99. The minimum Gasteiger partial charge on any atom is -0.157 e. The van der Waals surface area contributed by atoms with Gasteiger partial charge >= 0.3 is 0 Å². The molecule has 0 nitrogen and oxygen atoms in total. The summed E-state index contributed by atoms with van der Waals surface area (Å²) in [5, 5.41) is 0. The van der Waals surface area contributed by atoms with Crippen LogP contribution in [0.5, 0.6) is 0 Å². The van der Waals surface area contributed by atoms with Crippen molar-refractivity contribution in [2.75, 3.05) is 11.5 Å². The first-order valence-corrected chi connectivity index (χ1v) is 5.52. The third-order valence-electron chi connectivity index (χ3n) is 1.76. The highest BCUT2D eigenvalue weighted by atomic mass is 32.2. The Hall–Kier alpha value is -0.170. The van der Waals surface area contributed by atoms with Crippen LogP contribution in [0.2, 0.25) is 0 Å². The molecule has 0 amide bonds. The van der Waals surface area contributed by atoms with Crippen molar-refractivity contribution < 1.29 is 0 Å². The average Bonchev–Trinajstić information content (AvgIpc) is 2.50. The molecule has 0 atom stereocenters. The highest BCUT2D eigenvalue weighted by Crippen LogP contribution is 2.15. The maximum atomic E-state index is 2.32. The first-order chi connectivity index (χ1) is 5.43. The van der Waals surface area contributed by atoms with Crippen molar-refractivity contribution in [3.63, 3.8) is 0 Å². The Morgan fingerprint density at radius 3 is 3.09 bits per heavy atom. The second-order valence-electron chi connectivity index (χ2n) is 2.82. The topological polar surface area (TPSA) is 0 Å². The van der Waals surface area contributed by atoms with E-state index in [2.05, 4.69) is 36.9 Å². The molecule has 0 fully saturated rings. The molecule has 0 saturated heterocycles. The standard InChI is InChI=1S/C10H16S/c1-2-3-8-11-9-10-6-4-5-7-10/h4,6-7H,2-3,5,8-9H2,1H3. The molecule has 0 N–H and O–H groups in total. The second-order valence-corrected chi connectivity index (χ2v) is 3.93. The maximum Gasteiger partial charge on any atom is 0.0181 e. The minimum absolute atomic E-state index is 1.16. The molecule has 0 aliphatic heterocycles. The molecule has 11 heavy (non-hydrogen) atoms. The highest BCUT2D eigenvalue weighted by Gasteiger charge is 1.96. The largest absolute Gasteiger partial charge is 0.157 e. The molecule has 0 spiro atoms. The van der Waals surface area contributed by atoms with Gasteiger partial charge in [-0.15, -0.1) is 0 Å². The SMILES string of the molecule is CCCCSCC1=CCC=C1. The van der Waals surface area contributed by atoms with Gasteiger partial charge in [0.25, 0.3) is 0 Å². The predicted octanol–water partition coefficient (Wildman–Crippen LogP) is 3.41. The second kappa shape index (κ2) is 5.48. The molecule has 0 bridgehead atoms. The van der Waals surface area contributed by atoms with Gasteiger partial charge in [-0.1, -0.05) is 31.6 Å². The van der Waals surface area contributed by atoms with Gasteiger partial charge in [-0.3, -0.25) is 0 Å². The average molecular weight is 168 g/mol.